The summed E-state index contributed by atoms with van der Waals surface area (Å²) in [6, 6.07) is 65.8. The van der Waals surface area contributed by atoms with Crippen LogP contribution in [0, 0.1) is 0 Å². The molecule has 2 aliphatic carbocycles. The van der Waals surface area contributed by atoms with E-state index in [0.717, 1.165) is 5.69 Å². The smallest absolute Gasteiger partial charge is 0.0465 e. The molecule has 2 aliphatic rings. The summed E-state index contributed by atoms with van der Waals surface area (Å²) < 4.78 is 2.67. The predicted octanol–water partition coefficient (Wildman–Crippen LogP) is 15.5. The van der Waals surface area contributed by atoms with Gasteiger partial charge in [0.1, 0.15) is 0 Å². The number of anilines is 3. The Morgan fingerprint density at radius 3 is 1.55 bits per heavy atom. The van der Waals surface area contributed by atoms with Gasteiger partial charge in [-0.2, -0.15) is 0 Å². The first-order valence-electron chi connectivity index (χ1n) is 19.7. The van der Waals surface area contributed by atoms with Crippen LogP contribution in [-0.2, 0) is 10.8 Å². The molecule has 0 fully saturated rings. The minimum Gasteiger partial charge on any atom is -0.310 e. The van der Waals surface area contributed by atoms with Crippen LogP contribution in [0.2, 0.25) is 0 Å². The minimum absolute atomic E-state index is 0.0973. The molecule has 1 aromatic heterocycles. The zero-order valence-electron chi connectivity index (χ0n) is 32.1. The highest BCUT2D eigenvalue weighted by Gasteiger charge is 2.38. The molecule has 0 unspecified atom stereocenters. The molecule has 1 heterocycles. The maximum Gasteiger partial charge on any atom is 0.0465 e. The lowest BCUT2D eigenvalue weighted by molar-refractivity contribution is 0.660. The molecule has 56 heavy (non-hydrogen) atoms. The normalized spacial score (nSPS) is 14.4. The first kappa shape index (κ1) is 33.1. The molecule has 268 valence electrons. The summed E-state index contributed by atoms with van der Waals surface area (Å²) >= 11 is 1.87. The van der Waals surface area contributed by atoms with E-state index in [-0.39, 0.29) is 10.8 Å². The molecular weight excluding hydrogens is 695 g/mol. The second kappa shape index (κ2) is 12.1. The summed E-state index contributed by atoms with van der Waals surface area (Å²) in [5.74, 6) is 0. The number of hydrogen-bond donors (Lipinski definition) is 0. The van der Waals surface area contributed by atoms with Gasteiger partial charge in [-0.25, -0.2) is 0 Å². The van der Waals surface area contributed by atoms with Gasteiger partial charge in [0.25, 0.3) is 0 Å². The predicted molar refractivity (Wildman–Crippen MR) is 240 cm³/mol. The number of nitrogens with zero attached hydrogens (tertiary/aromatic N) is 1. The Morgan fingerprint density at radius 1 is 0.339 bits per heavy atom. The monoisotopic (exact) mass is 735 g/mol. The number of benzene rings is 8. The van der Waals surface area contributed by atoms with Crippen LogP contribution in [0.4, 0.5) is 17.1 Å². The summed E-state index contributed by atoms with van der Waals surface area (Å²) in [7, 11) is 0. The Balaban J connectivity index is 1.04. The van der Waals surface area contributed by atoms with Gasteiger partial charge in [0.05, 0.1) is 0 Å². The second-order valence-electron chi connectivity index (χ2n) is 16.6. The van der Waals surface area contributed by atoms with E-state index in [4.69, 9.17) is 0 Å². The maximum atomic E-state index is 2.47. The first-order valence-corrected chi connectivity index (χ1v) is 20.5. The van der Waals surface area contributed by atoms with E-state index in [1.807, 2.05) is 11.3 Å². The summed E-state index contributed by atoms with van der Waals surface area (Å²) in [4.78, 5) is 2.47. The fraction of sp³-hybridized carbons (Fsp3) is 0.111. The lowest BCUT2D eigenvalue weighted by atomic mass is 9.81. The Bertz CT molecular complexity index is 3020. The molecule has 0 N–H and O–H groups in total. The molecule has 1 nitrogen and oxygen atoms in total. The number of thiophene rings is 1. The Labute approximate surface area is 333 Å². The van der Waals surface area contributed by atoms with Crippen molar-refractivity contribution >= 4 is 48.6 Å². The van der Waals surface area contributed by atoms with Crippen LogP contribution in [0.25, 0.3) is 64.7 Å². The van der Waals surface area contributed by atoms with Crippen molar-refractivity contribution in [3.05, 3.63) is 198 Å². The number of hydrogen-bond acceptors (Lipinski definition) is 2. The van der Waals surface area contributed by atoms with E-state index < -0.39 is 0 Å². The molecule has 9 aromatic rings. The average molecular weight is 736 g/mol. The lowest BCUT2D eigenvalue weighted by Crippen LogP contribution is -2.18. The van der Waals surface area contributed by atoms with Crippen LogP contribution in [0.3, 0.4) is 0 Å². The van der Waals surface area contributed by atoms with E-state index in [9.17, 15) is 0 Å². The maximum absolute atomic E-state index is 2.47. The van der Waals surface area contributed by atoms with Crippen molar-refractivity contribution in [2.75, 3.05) is 4.90 Å². The molecule has 0 aliphatic heterocycles. The van der Waals surface area contributed by atoms with Gasteiger partial charge in [0, 0.05) is 48.1 Å². The first-order chi connectivity index (χ1) is 27.3. The molecular formula is C54H41NS. The second-order valence-corrected chi connectivity index (χ2v) is 17.7. The van der Waals surface area contributed by atoms with Gasteiger partial charge < -0.3 is 4.90 Å². The van der Waals surface area contributed by atoms with Crippen molar-refractivity contribution < 1.29 is 0 Å². The van der Waals surface area contributed by atoms with E-state index in [0.29, 0.717) is 0 Å². The zero-order chi connectivity index (χ0) is 37.8. The van der Waals surface area contributed by atoms with Crippen LogP contribution < -0.4 is 4.90 Å². The van der Waals surface area contributed by atoms with Crippen molar-refractivity contribution in [3.63, 3.8) is 0 Å². The fourth-order valence-electron chi connectivity index (χ4n) is 9.66. The van der Waals surface area contributed by atoms with Crippen LogP contribution in [0.15, 0.2) is 176 Å². The van der Waals surface area contributed by atoms with Crippen molar-refractivity contribution in [2.45, 2.75) is 38.5 Å². The van der Waals surface area contributed by atoms with Crippen LogP contribution in [-0.4, -0.2) is 0 Å². The fourth-order valence-corrected chi connectivity index (χ4v) is 10.7. The number of rotatable bonds is 5. The molecule has 2 heteroatoms. The third-order valence-corrected chi connectivity index (χ3v) is 13.8. The highest BCUT2D eigenvalue weighted by Crippen LogP contribution is 2.53. The molecule has 0 atom stereocenters. The minimum atomic E-state index is -0.160. The summed E-state index contributed by atoms with van der Waals surface area (Å²) in [6.07, 6.45) is 0. The Hall–Kier alpha value is -6.22. The summed E-state index contributed by atoms with van der Waals surface area (Å²) in [5, 5.41) is 2.66. The molecule has 0 amide bonds. The average Bonchev–Trinajstić information content (AvgIpc) is 3.80. The van der Waals surface area contributed by atoms with E-state index in [1.54, 1.807) is 0 Å². The van der Waals surface area contributed by atoms with Gasteiger partial charge in [-0.3, -0.25) is 0 Å². The summed E-state index contributed by atoms with van der Waals surface area (Å²) in [6.45, 7) is 9.51. The SMILES string of the molecule is CC1(C)c2ccccc2-c2ccc(N(c3ccc(-c4ccc5sc6ccccc6c5c4)cc3)c3ccc4c(c3)C(C)(C)c3cc(-c5ccccc5)ccc3-4)cc21. The Kier molecular flexibility index (Phi) is 7.18. The quantitative estimate of drug-likeness (QED) is 0.170. The largest absolute Gasteiger partial charge is 0.310 e. The molecule has 0 saturated heterocycles. The summed E-state index contributed by atoms with van der Waals surface area (Å²) in [5.41, 5.74) is 19.0. The van der Waals surface area contributed by atoms with E-state index >= 15 is 0 Å². The van der Waals surface area contributed by atoms with Crippen molar-refractivity contribution in [2.24, 2.45) is 0 Å². The van der Waals surface area contributed by atoms with Gasteiger partial charge in [0.15, 0.2) is 0 Å². The van der Waals surface area contributed by atoms with Gasteiger partial charge in [-0.15, -0.1) is 11.3 Å². The van der Waals surface area contributed by atoms with Gasteiger partial charge in [-0.05, 0) is 127 Å². The van der Waals surface area contributed by atoms with E-state index in [2.05, 4.69) is 209 Å². The highest BCUT2D eigenvalue weighted by atomic mass is 32.1. The van der Waals surface area contributed by atoms with Gasteiger partial charge in [0.2, 0.25) is 0 Å². The highest BCUT2D eigenvalue weighted by molar-refractivity contribution is 7.25. The standard InChI is InChI=1S/C54H41NS/c1-53(2)47-16-10-8-14-41(47)43-27-24-39(32-49(43)53)55(38-22-18-35(19-23-38)36-21-29-52-46(30-36)45-15-9-11-17-51(45)56-52)40-25-28-44-42-26-20-37(34-12-6-5-7-13-34)31-48(42)54(3,4)50(44)33-40/h5-33H,1-4H3. The molecule has 0 radical (unpaired) electrons. The van der Waals surface area contributed by atoms with Crippen LogP contribution in [0.1, 0.15) is 49.9 Å². The Morgan fingerprint density at radius 2 is 0.821 bits per heavy atom. The van der Waals surface area contributed by atoms with Crippen LogP contribution in [0.5, 0.6) is 0 Å². The van der Waals surface area contributed by atoms with Crippen molar-refractivity contribution in [1.29, 1.82) is 0 Å². The van der Waals surface area contributed by atoms with Gasteiger partial charge >= 0.3 is 0 Å². The van der Waals surface area contributed by atoms with E-state index in [1.165, 1.54) is 98.3 Å². The lowest BCUT2D eigenvalue weighted by Gasteiger charge is -2.30. The van der Waals surface area contributed by atoms with Gasteiger partial charge in [-0.1, -0.05) is 143 Å². The molecule has 11 rings (SSSR count). The molecule has 0 saturated carbocycles. The molecule has 0 spiro atoms. The third-order valence-electron chi connectivity index (χ3n) is 12.7. The van der Waals surface area contributed by atoms with Crippen molar-refractivity contribution in [3.8, 4) is 44.5 Å². The number of fused-ring (bicyclic) bond motifs is 9. The topological polar surface area (TPSA) is 3.24 Å². The zero-order valence-corrected chi connectivity index (χ0v) is 32.9. The van der Waals surface area contributed by atoms with Crippen LogP contribution >= 0.6 is 11.3 Å². The molecule has 8 aromatic carbocycles. The molecule has 0 bridgehead atoms. The van der Waals surface area contributed by atoms with Crippen molar-refractivity contribution in [1.82, 2.24) is 0 Å². The third kappa shape index (κ3) is 4.92.